The van der Waals surface area contributed by atoms with Crippen LogP contribution in [0.15, 0.2) is 42.7 Å². The van der Waals surface area contributed by atoms with E-state index in [4.69, 9.17) is 9.47 Å². The molecule has 0 bridgehead atoms. The Morgan fingerprint density at radius 1 is 1.21 bits per heavy atom. The van der Waals surface area contributed by atoms with Gasteiger partial charge in [0.05, 0.1) is 14.2 Å². The van der Waals surface area contributed by atoms with Crippen molar-refractivity contribution in [3.05, 3.63) is 48.3 Å². The third-order valence-corrected chi connectivity index (χ3v) is 4.56. The topological polar surface area (TPSA) is 91.2 Å². The zero-order valence-corrected chi connectivity index (χ0v) is 15.8. The lowest BCUT2D eigenvalue weighted by atomic mass is 10.2. The molecule has 28 heavy (non-hydrogen) atoms. The molecule has 0 amide bonds. The molecule has 0 atom stereocenters. The minimum atomic E-state index is -0.0301. The third kappa shape index (κ3) is 3.66. The van der Waals surface area contributed by atoms with E-state index in [1.54, 1.807) is 26.6 Å². The van der Waals surface area contributed by atoms with Gasteiger partial charge in [0.1, 0.15) is 0 Å². The summed E-state index contributed by atoms with van der Waals surface area (Å²) in [6.45, 7) is 0.462. The van der Waals surface area contributed by atoms with Gasteiger partial charge in [-0.15, -0.1) is 5.10 Å². The molecule has 0 unspecified atom stereocenters. The van der Waals surface area contributed by atoms with Crippen molar-refractivity contribution in [3.63, 3.8) is 0 Å². The minimum Gasteiger partial charge on any atom is -0.493 e. The number of methoxy groups -OCH3 is 2. The predicted molar refractivity (Wildman–Crippen MR) is 103 cm³/mol. The number of hydrogen-bond donors (Lipinski definition) is 1. The van der Waals surface area contributed by atoms with Crippen LogP contribution in [0.2, 0.25) is 0 Å². The normalized spacial score (nSPS) is 13.2. The van der Waals surface area contributed by atoms with Gasteiger partial charge in [0.15, 0.2) is 17.3 Å². The second-order valence-electron chi connectivity index (χ2n) is 6.57. The van der Waals surface area contributed by atoms with Crippen molar-refractivity contribution in [3.8, 4) is 22.9 Å². The van der Waals surface area contributed by atoms with E-state index < -0.39 is 0 Å². The first-order valence-electron chi connectivity index (χ1n) is 9.06. The summed E-state index contributed by atoms with van der Waals surface area (Å²) in [6, 6.07) is 9.34. The first-order chi connectivity index (χ1) is 13.7. The lowest BCUT2D eigenvalue weighted by Crippen LogP contribution is -2.18. The number of carbonyl (C=O) groups is 1. The molecule has 2 heterocycles. The van der Waals surface area contributed by atoms with Gasteiger partial charge >= 0.3 is 0 Å². The lowest BCUT2D eigenvalue weighted by Gasteiger charge is -2.10. The highest BCUT2D eigenvalue weighted by molar-refractivity contribution is 5.85. The van der Waals surface area contributed by atoms with Crippen molar-refractivity contribution in [2.24, 2.45) is 5.92 Å². The Kier molecular flexibility index (Phi) is 4.92. The van der Waals surface area contributed by atoms with Crippen LogP contribution >= 0.6 is 0 Å². The zero-order valence-electron chi connectivity index (χ0n) is 15.8. The third-order valence-electron chi connectivity index (χ3n) is 4.56. The van der Waals surface area contributed by atoms with Crippen LogP contribution in [0.5, 0.6) is 11.5 Å². The fraction of sp³-hybridized carbons (Fsp3) is 0.300. The van der Waals surface area contributed by atoms with Crippen LogP contribution < -0.4 is 14.8 Å². The average molecular weight is 379 g/mol. The lowest BCUT2D eigenvalue weighted by molar-refractivity contribution is 0.0872. The largest absolute Gasteiger partial charge is 0.493 e. The number of aromatic nitrogens is 4. The van der Waals surface area contributed by atoms with Crippen LogP contribution in [-0.4, -0.2) is 39.9 Å². The van der Waals surface area contributed by atoms with Crippen LogP contribution in [0, 0.1) is 5.92 Å². The molecule has 0 spiro atoms. The fourth-order valence-electron chi connectivity index (χ4n) is 2.87. The van der Waals surface area contributed by atoms with Gasteiger partial charge in [-0.1, -0.05) is 6.07 Å². The minimum absolute atomic E-state index is 0.0301. The molecule has 1 saturated carbocycles. The summed E-state index contributed by atoms with van der Waals surface area (Å²) in [5, 5.41) is 7.65. The standard InChI is InChI=1S/C20H21N5O3/c1-27-16-8-5-13(10-17(16)28-2)11-22-20-23-18(15-4-3-9-21-12-15)24-25(20)19(26)14-6-7-14/h3-5,8-10,12,14H,6-7,11H2,1-2H3,(H,22,23,24). The van der Waals surface area contributed by atoms with Gasteiger partial charge in [-0.2, -0.15) is 9.67 Å². The number of carbonyl (C=O) groups excluding carboxylic acids is 1. The molecule has 1 aromatic carbocycles. The maximum atomic E-state index is 12.6. The molecule has 3 aromatic rings. The number of pyridine rings is 1. The number of anilines is 1. The van der Waals surface area contributed by atoms with Gasteiger partial charge in [0.2, 0.25) is 5.95 Å². The van der Waals surface area contributed by atoms with Gasteiger partial charge in [-0.25, -0.2) is 0 Å². The number of rotatable bonds is 7. The fourth-order valence-corrected chi connectivity index (χ4v) is 2.87. The summed E-state index contributed by atoms with van der Waals surface area (Å²) < 4.78 is 12.0. The van der Waals surface area contributed by atoms with Crippen molar-refractivity contribution >= 4 is 11.9 Å². The van der Waals surface area contributed by atoms with Crippen LogP contribution in [0.3, 0.4) is 0 Å². The molecule has 0 saturated heterocycles. The van der Waals surface area contributed by atoms with E-state index >= 15 is 0 Å². The Labute approximate surface area is 162 Å². The summed E-state index contributed by atoms with van der Waals surface area (Å²) in [5.41, 5.74) is 1.73. The van der Waals surface area contributed by atoms with Gasteiger partial charge in [-0.3, -0.25) is 9.78 Å². The Bertz CT molecular complexity index is 983. The molecule has 144 valence electrons. The molecule has 0 aliphatic heterocycles. The molecule has 0 radical (unpaired) electrons. The van der Waals surface area contributed by atoms with Crippen molar-refractivity contribution in [2.75, 3.05) is 19.5 Å². The van der Waals surface area contributed by atoms with E-state index in [0.717, 1.165) is 24.0 Å². The van der Waals surface area contributed by atoms with Crippen LogP contribution in [0.4, 0.5) is 5.95 Å². The maximum Gasteiger partial charge on any atom is 0.253 e. The molecule has 8 nitrogen and oxygen atoms in total. The molecule has 1 fully saturated rings. The van der Waals surface area contributed by atoms with Gasteiger partial charge < -0.3 is 14.8 Å². The monoisotopic (exact) mass is 379 g/mol. The Morgan fingerprint density at radius 2 is 2.04 bits per heavy atom. The van der Waals surface area contributed by atoms with Crippen molar-refractivity contribution < 1.29 is 14.3 Å². The number of benzene rings is 1. The Balaban J connectivity index is 1.59. The number of ether oxygens (including phenoxy) is 2. The molecule has 4 rings (SSSR count). The first kappa shape index (κ1) is 18.0. The SMILES string of the molecule is COc1ccc(CNc2nc(-c3cccnc3)nn2C(=O)C2CC2)cc1OC. The highest BCUT2D eigenvalue weighted by Crippen LogP contribution is 2.32. The molecular formula is C20H21N5O3. The summed E-state index contributed by atoms with van der Waals surface area (Å²) in [6.07, 6.45) is 5.16. The summed E-state index contributed by atoms with van der Waals surface area (Å²) >= 11 is 0. The van der Waals surface area contributed by atoms with Crippen LogP contribution in [0.25, 0.3) is 11.4 Å². The number of nitrogens with one attached hydrogen (secondary N) is 1. The second kappa shape index (κ2) is 7.67. The van der Waals surface area contributed by atoms with E-state index in [2.05, 4.69) is 20.4 Å². The molecule has 8 heteroatoms. The summed E-state index contributed by atoms with van der Waals surface area (Å²) in [5.74, 6) is 2.20. The van der Waals surface area contributed by atoms with E-state index in [0.29, 0.717) is 29.8 Å². The molecule has 2 aromatic heterocycles. The zero-order chi connectivity index (χ0) is 19.5. The van der Waals surface area contributed by atoms with E-state index in [1.807, 2.05) is 30.3 Å². The van der Waals surface area contributed by atoms with Crippen molar-refractivity contribution in [1.29, 1.82) is 0 Å². The predicted octanol–water partition coefficient (Wildman–Crippen LogP) is 3.02. The van der Waals surface area contributed by atoms with E-state index in [9.17, 15) is 4.79 Å². The van der Waals surface area contributed by atoms with Crippen LogP contribution in [0.1, 0.15) is 23.2 Å². The van der Waals surface area contributed by atoms with Gasteiger partial charge in [-0.05, 0) is 42.7 Å². The highest BCUT2D eigenvalue weighted by Gasteiger charge is 2.33. The highest BCUT2D eigenvalue weighted by atomic mass is 16.5. The van der Waals surface area contributed by atoms with Crippen molar-refractivity contribution in [1.82, 2.24) is 19.7 Å². The average Bonchev–Trinajstić information content (AvgIpc) is 3.51. The second-order valence-corrected chi connectivity index (χ2v) is 6.57. The van der Waals surface area contributed by atoms with Crippen molar-refractivity contribution in [2.45, 2.75) is 19.4 Å². The molecule has 1 aliphatic carbocycles. The summed E-state index contributed by atoms with van der Waals surface area (Å²) in [7, 11) is 3.20. The number of nitrogens with zero attached hydrogens (tertiary/aromatic N) is 4. The maximum absolute atomic E-state index is 12.6. The van der Waals surface area contributed by atoms with Gasteiger partial charge in [0, 0.05) is 30.4 Å². The molecule has 1 N–H and O–H groups in total. The Morgan fingerprint density at radius 3 is 2.71 bits per heavy atom. The molecule has 1 aliphatic rings. The van der Waals surface area contributed by atoms with E-state index in [-0.39, 0.29) is 11.8 Å². The Hall–Kier alpha value is -3.42. The number of hydrogen-bond acceptors (Lipinski definition) is 7. The molecular weight excluding hydrogens is 358 g/mol. The smallest absolute Gasteiger partial charge is 0.253 e. The summed E-state index contributed by atoms with van der Waals surface area (Å²) in [4.78, 5) is 21.3. The quantitative estimate of drug-likeness (QED) is 0.675. The van der Waals surface area contributed by atoms with Crippen LogP contribution in [-0.2, 0) is 6.54 Å². The van der Waals surface area contributed by atoms with Gasteiger partial charge in [0.25, 0.3) is 5.91 Å². The van der Waals surface area contributed by atoms with E-state index in [1.165, 1.54) is 4.68 Å². The first-order valence-corrected chi connectivity index (χ1v) is 9.06.